The molecule has 1 aliphatic carbocycles. The van der Waals surface area contributed by atoms with Crippen LogP contribution in [0.4, 0.5) is 0 Å². The number of carbonyl (C=O) groups is 1. The Balaban J connectivity index is 2.24. The van der Waals surface area contributed by atoms with E-state index in [2.05, 4.69) is 6.07 Å². The van der Waals surface area contributed by atoms with Crippen molar-refractivity contribution < 1.29 is 9.90 Å². The number of carbonyl (C=O) groups excluding carboxylic acids is 1. The van der Waals surface area contributed by atoms with Gasteiger partial charge in [-0.25, -0.2) is 0 Å². The van der Waals surface area contributed by atoms with Crippen molar-refractivity contribution in [3.8, 4) is 0 Å². The topological polar surface area (TPSA) is 40.1 Å². The van der Waals surface area contributed by atoms with Gasteiger partial charge < -0.3 is 9.90 Å². The van der Waals surface area contributed by atoms with Crippen LogP contribution in [0.1, 0.15) is 29.5 Å². The molecule has 0 radical (unpaired) electrons. The fourth-order valence-corrected chi connectivity index (χ4v) is 2.06. The quantitative estimate of drug-likeness (QED) is 0.692. The van der Waals surface area contributed by atoms with Gasteiger partial charge >= 0.3 is 0 Å². The van der Waals surface area contributed by atoms with Crippen molar-refractivity contribution in [1.82, 2.24) is 0 Å². The summed E-state index contributed by atoms with van der Waals surface area (Å²) >= 11 is 0. The largest absolute Gasteiger partial charge is 0.550 e. The lowest BCUT2D eigenvalue weighted by atomic mass is 9.90. The number of hydrogen-bond donors (Lipinski definition) is 0. The van der Waals surface area contributed by atoms with Gasteiger partial charge in [0.25, 0.3) is 0 Å². The predicted octanol–water partition coefficient (Wildman–Crippen LogP) is 0.858. The monoisotopic (exact) mass is 189 g/mol. The van der Waals surface area contributed by atoms with E-state index in [1.807, 2.05) is 12.1 Å². The summed E-state index contributed by atoms with van der Waals surface area (Å²) in [6.07, 6.45) is 4.75. The molecule has 74 valence electrons. The second-order valence-corrected chi connectivity index (χ2v) is 3.86. The number of aliphatic carboxylic acids is 1. The Morgan fingerprint density at radius 2 is 1.93 bits per heavy atom. The van der Waals surface area contributed by atoms with Gasteiger partial charge in [-0.15, -0.1) is 0 Å². The third-order valence-electron chi connectivity index (χ3n) is 2.76. The van der Waals surface area contributed by atoms with E-state index in [1.165, 1.54) is 24.0 Å². The van der Waals surface area contributed by atoms with Crippen LogP contribution < -0.4 is 5.11 Å². The molecule has 0 aromatic heterocycles. The average molecular weight is 189 g/mol. The van der Waals surface area contributed by atoms with Crippen molar-refractivity contribution in [1.29, 1.82) is 0 Å². The second-order valence-electron chi connectivity index (χ2n) is 3.86. The van der Waals surface area contributed by atoms with Gasteiger partial charge in [-0.1, -0.05) is 18.2 Å². The lowest BCUT2D eigenvalue weighted by Crippen LogP contribution is -2.24. The van der Waals surface area contributed by atoms with Crippen LogP contribution in [0.15, 0.2) is 18.2 Å². The molecule has 0 saturated carbocycles. The molecule has 0 amide bonds. The first-order chi connectivity index (χ1) is 6.75. The molecule has 0 bridgehead atoms. The molecule has 0 fully saturated rings. The number of rotatable bonds is 2. The molecule has 1 aromatic rings. The van der Waals surface area contributed by atoms with Crippen LogP contribution in [0.5, 0.6) is 0 Å². The summed E-state index contributed by atoms with van der Waals surface area (Å²) in [7, 11) is 0. The lowest BCUT2D eigenvalue weighted by Gasteiger charge is -2.16. The van der Waals surface area contributed by atoms with Crippen LogP contribution in [-0.4, -0.2) is 5.97 Å². The molecular formula is C12H13O2-. The van der Waals surface area contributed by atoms with E-state index < -0.39 is 5.97 Å². The maximum Gasteiger partial charge on any atom is 0.0458 e. The molecule has 1 aromatic carbocycles. The Morgan fingerprint density at radius 1 is 1.21 bits per heavy atom. The fraction of sp³-hybridized carbons (Fsp3) is 0.417. The van der Waals surface area contributed by atoms with Crippen molar-refractivity contribution in [2.45, 2.75) is 32.1 Å². The van der Waals surface area contributed by atoms with E-state index in [-0.39, 0.29) is 6.42 Å². The standard InChI is InChI=1S/C12H14O2/c13-12(14)8-9-5-6-10-3-1-2-4-11(10)7-9/h5-7H,1-4,8H2,(H,13,14)/p-1. The Morgan fingerprint density at radius 3 is 2.64 bits per heavy atom. The molecule has 2 nitrogen and oxygen atoms in total. The van der Waals surface area contributed by atoms with Crippen molar-refractivity contribution in [2.75, 3.05) is 0 Å². The van der Waals surface area contributed by atoms with Gasteiger partial charge in [0.2, 0.25) is 0 Å². The fourth-order valence-electron chi connectivity index (χ4n) is 2.06. The maximum absolute atomic E-state index is 10.4. The van der Waals surface area contributed by atoms with Crippen molar-refractivity contribution >= 4 is 5.97 Å². The van der Waals surface area contributed by atoms with Crippen LogP contribution in [0, 0.1) is 0 Å². The number of carboxylic acid groups (broad SMARTS) is 1. The van der Waals surface area contributed by atoms with Crippen molar-refractivity contribution in [3.63, 3.8) is 0 Å². The van der Waals surface area contributed by atoms with Crippen LogP contribution in [0.2, 0.25) is 0 Å². The van der Waals surface area contributed by atoms with Gasteiger partial charge in [0.05, 0.1) is 0 Å². The summed E-state index contributed by atoms with van der Waals surface area (Å²) in [5.41, 5.74) is 3.58. The highest BCUT2D eigenvalue weighted by atomic mass is 16.4. The molecule has 1 aliphatic rings. The van der Waals surface area contributed by atoms with Gasteiger partial charge in [0, 0.05) is 12.4 Å². The van der Waals surface area contributed by atoms with Gasteiger partial charge in [0.15, 0.2) is 0 Å². The smallest absolute Gasteiger partial charge is 0.0458 e. The second kappa shape index (κ2) is 3.82. The van der Waals surface area contributed by atoms with Gasteiger partial charge in [-0.05, 0) is 42.4 Å². The summed E-state index contributed by atoms with van der Waals surface area (Å²) < 4.78 is 0. The number of hydrogen-bond acceptors (Lipinski definition) is 2. The van der Waals surface area contributed by atoms with E-state index in [4.69, 9.17) is 0 Å². The van der Waals surface area contributed by atoms with E-state index in [0.29, 0.717) is 0 Å². The molecule has 2 heteroatoms. The zero-order valence-electron chi connectivity index (χ0n) is 8.08. The van der Waals surface area contributed by atoms with Crippen LogP contribution in [0.25, 0.3) is 0 Å². The number of aryl methyl sites for hydroxylation is 2. The molecule has 0 heterocycles. The third-order valence-corrected chi connectivity index (χ3v) is 2.76. The lowest BCUT2D eigenvalue weighted by molar-refractivity contribution is -0.304. The summed E-state index contributed by atoms with van der Waals surface area (Å²) in [5.74, 6) is -0.999. The average Bonchev–Trinajstić information content (AvgIpc) is 2.17. The minimum atomic E-state index is -0.999. The predicted molar refractivity (Wildman–Crippen MR) is 51.8 cm³/mol. The Labute approximate surface area is 83.6 Å². The zero-order valence-corrected chi connectivity index (χ0v) is 8.08. The Bertz CT molecular complexity index is 355. The van der Waals surface area contributed by atoms with Gasteiger partial charge in [-0.2, -0.15) is 0 Å². The van der Waals surface area contributed by atoms with E-state index in [9.17, 15) is 9.90 Å². The summed E-state index contributed by atoms with van der Waals surface area (Å²) in [6.45, 7) is 0. The molecule has 2 rings (SSSR count). The minimum Gasteiger partial charge on any atom is -0.550 e. The zero-order chi connectivity index (χ0) is 9.97. The molecule has 0 spiro atoms. The number of carboxylic acids is 1. The van der Waals surface area contributed by atoms with Crippen molar-refractivity contribution in [2.24, 2.45) is 0 Å². The molecular weight excluding hydrogens is 176 g/mol. The SMILES string of the molecule is O=C([O-])Cc1ccc2c(c1)CCCC2. The minimum absolute atomic E-state index is 0.0350. The van der Waals surface area contributed by atoms with Crippen molar-refractivity contribution in [3.05, 3.63) is 34.9 Å². The maximum atomic E-state index is 10.4. The Hall–Kier alpha value is -1.31. The van der Waals surface area contributed by atoms with Gasteiger partial charge in [-0.3, -0.25) is 0 Å². The van der Waals surface area contributed by atoms with E-state index >= 15 is 0 Å². The third kappa shape index (κ3) is 1.95. The summed E-state index contributed by atoms with van der Waals surface area (Å²) in [4.78, 5) is 10.4. The van der Waals surface area contributed by atoms with E-state index in [1.54, 1.807) is 0 Å². The number of benzene rings is 1. The van der Waals surface area contributed by atoms with Crippen LogP contribution >= 0.6 is 0 Å². The van der Waals surface area contributed by atoms with Crippen LogP contribution in [0.3, 0.4) is 0 Å². The first kappa shape index (κ1) is 9.25. The molecule has 0 aliphatic heterocycles. The van der Waals surface area contributed by atoms with Crippen LogP contribution in [-0.2, 0) is 24.1 Å². The highest BCUT2D eigenvalue weighted by molar-refractivity contribution is 5.68. The highest BCUT2D eigenvalue weighted by Crippen LogP contribution is 2.22. The number of fused-ring (bicyclic) bond motifs is 1. The highest BCUT2D eigenvalue weighted by Gasteiger charge is 2.09. The molecule has 14 heavy (non-hydrogen) atoms. The first-order valence-corrected chi connectivity index (χ1v) is 5.06. The van der Waals surface area contributed by atoms with Gasteiger partial charge in [0.1, 0.15) is 0 Å². The normalized spacial score (nSPS) is 14.9. The Kier molecular flexibility index (Phi) is 2.53. The molecule has 0 unspecified atom stereocenters. The summed E-state index contributed by atoms with van der Waals surface area (Å²) in [6, 6.07) is 5.98. The van der Waals surface area contributed by atoms with E-state index in [0.717, 1.165) is 18.4 Å². The molecule has 0 atom stereocenters. The molecule has 0 N–H and O–H groups in total. The summed E-state index contributed by atoms with van der Waals surface area (Å²) in [5, 5.41) is 10.4. The molecule has 0 saturated heterocycles. The first-order valence-electron chi connectivity index (χ1n) is 5.06.